The molecule has 0 saturated carbocycles. The zero-order valence-electron chi connectivity index (χ0n) is 9.14. The second-order valence-corrected chi connectivity index (χ2v) is 3.63. The Morgan fingerprint density at radius 2 is 1.88 bits per heavy atom. The molecule has 0 spiro atoms. The molecule has 0 bridgehead atoms. The van der Waals surface area contributed by atoms with E-state index in [2.05, 4.69) is 5.32 Å². The maximum absolute atomic E-state index is 9.49. The molecular weight excluding hydrogens is 210 g/mol. The molecule has 0 saturated heterocycles. The number of aliphatic hydroxyl groups is 1. The number of nitrogens with one attached hydrogen (secondary N) is 1. The number of phenols is 3. The van der Waals surface area contributed by atoms with Crippen molar-refractivity contribution in [1.82, 2.24) is 5.32 Å². The van der Waals surface area contributed by atoms with E-state index < -0.39 is 11.9 Å². The molecular formula is C11H17NO4. The summed E-state index contributed by atoms with van der Waals surface area (Å²) in [5, 5.41) is 40.1. The first-order valence-corrected chi connectivity index (χ1v) is 5.17. The molecule has 1 atom stereocenters. The topological polar surface area (TPSA) is 93.0 Å². The van der Waals surface area contributed by atoms with Gasteiger partial charge in [-0.15, -0.1) is 0 Å². The quantitative estimate of drug-likeness (QED) is 0.477. The maximum atomic E-state index is 9.49. The minimum absolute atomic E-state index is 0.316. The van der Waals surface area contributed by atoms with Crippen molar-refractivity contribution in [2.45, 2.75) is 26.0 Å². The number of benzene rings is 1. The van der Waals surface area contributed by atoms with Gasteiger partial charge in [0.15, 0.2) is 11.5 Å². The average Bonchev–Trinajstić information content (AvgIpc) is 2.29. The lowest BCUT2D eigenvalue weighted by atomic mass is 10.1. The predicted molar refractivity (Wildman–Crippen MR) is 59.4 cm³/mol. The number of aromatic hydroxyl groups is 3. The summed E-state index contributed by atoms with van der Waals surface area (Å²) in [6.45, 7) is 2.60. The Bertz CT molecular complexity index is 354. The Hall–Kier alpha value is -1.46. The van der Waals surface area contributed by atoms with Gasteiger partial charge in [0, 0.05) is 18.7 Å². The summed E-state index contributed by atoms with van der Waals surface area (Å²) in [6, 6.07) is 2.82. The van der Waals surface area contributed by atoms with E-state index in [0.717, 1.165) is 0 Å². The molecule has 90 valence electrons. The van der Waals surface area contributed by atoms with E-state index >= 15 is 0 Å². The summed E-state index contributed by atoms with van der Waals surface area (Å²) < 4.78 is 0. The van der Waals surface area contributed by atoms with E-state index in [4.69, 9.17) is 5.11 Å². The van der Waals surface area contributed by atoms with Gasteiger partial charge in [-0.2, -0.15) is 0 Å². The number of rotatable bonds is 5. The minimum atomic E-state index is -0.518. The van der Waals surface area contributed by atoms with E-state index in [1.807, 2.05) is 6.92 Å². The zero-order valence-corrected chi connectivity index (χ0v) is 9.14. The van der Waals surface area contributed by atoms with Crippen molar-refractivity contribution in [3.05, 3.63) is 17.7 Å². The smallest absolute Gasteiger partial charge is 0.200 e. The first-order valence-electron chi connectivity index (χ1n) is 5.17. The lowest BCUT2D eigenvalue weighted by Crippen LogP contribution is -2.25. The highest BCUT2D eigenvalue weighted by Crippen LogP contribution is 2.36. The molecule has 0 radical (unpaired) electrons. The van der Waals surface area contributed by atoms with E-state index in [9.17, 15) is 15.3 Å². The molecule has 0 amide bonds. The molecule has 5 N–H and O–H groups in total. The molecule has 0 aliphatic heterocycles. The summed E-state index contributed by atoms with van der Waals surface area (Å²) in [4.78, 5) is 0. The fourth-order valence-corrected chi connectivity index (χ4v) is 1.27. The van der Waals surface area contributed by atoms with Crippen LogP contribution in [0.2, 0.25) is 0 Å². The third-order valence-electron chi connectivity index (χ3n) is 2.38. The van der Waals surface area contributed by atoms with Gasteiger partial charge in [0.1, 0.15) is 0 Å². The molecule has 0 fully saturated rings. The van der Waals surface area contributed by atoms with Gasteiger partial charge in [-0.1, -0.05) is 13.0 Å². The summed E-state index contributed by atoms with van der Waals surface area (Å²) in [5.41, 5.74) is 0.471. The SMILES string of the molecule is CCC(O)CNCc1ccc(O)c(O)c1O. The molecule has 1 unspecified atom stereocenters. The molecule has 0 heterocycles. The highest BCUT2D eigenvalue weighted by molar-refractivity contribution is 5.52. The average molecular weight is 227 g/mol. The summed E-state index contributed by atoms with van der Waals surface area (Å²) in [5.74, 6) is -1.20. The normalized spacial score (nSPS) is 12.6. The van der Waals surface area contributed by atoms with Crippen LogP contribution in [0.15, 0.2) is 12.1 Å². The molecule has 1 rings (SSSR count). The van der Waals surface area contributed by atoms with Gasteiger partial charge in [-0.3, -0.25) is 0 Å². The van der Waals surface area contributed by atoms with Gasteiger partial charge >= 0.3 is 0 Å². The molecule has 1 aromatic rings. The van der Waals surface area contributed by atoms with Crippen LogP contribution in [0.1, 0.15) is 18.9 Å². The monoisotopic (exact) mass is 227 g/mol. The Balaban J connectivity index is 2.58. The van der Waals surface area contributed by atoms with Crippen LogP contribution in [0.4, 0.5) is 0 Å². The van der Waals surface area contributed by atoms with E-state index in [0.29, 0.717) is 25.1 Å². The standard InChI is InChI=1S/C11H17NO4/c1-2-8(13)6-12-5-7-3-4-9(14)11(16)10(7)15/h3-4,8,12-16H,2,5-6H2,1H3. The Morgan fingerprint density at radius 3 is 2.50 bits per heavy atom. The van der Waals surface area contributed by atoms with E-state index in [1.54, 1.807) is 0 Å². The van der Waals surface area contributed by atoms with Crippen molar-refractivity contribution in [2.24, 2.45) is 0 Å². The highest BCUT2D eigenvalue weighted by Gasteiger charge is 2.10. The number of aliphatic hydroxyl groups excluding tert-OH is 1. The fourth-order valence-electron chi connectivity index (χ4n) is 1.27. The first-order chi connectivity index (χ1) is 7.56. The third-order valence-corrected chi connectivity index (χ3v) is 2.38. The Morgan fingerprint density at radius 1 is 1.19 bits per heavy atom. The fraction of sp³-hybridized carbons (Fsp3) is 0.455. The van der Waals surface area contributed by atoms with Crippen LogP contribution in [0.5, 0.6) is 17.2 Å². The third kappa shape index (κ3) is 3.01. The summed E-state index contributed by atoms with van der Waals surface area (Å²) in [6.07, 6.45) is 0.229. The van der Waals surface area contributed by atoms with Crippen molar-refractivity contribution >= 4 is 0 Å². The Kier molecular flexibility index (Phi) is 4.39. The van der Waals surface area contributed by atoms with E-state index in [-0.39, 0.29) is 11.5 Å². The van der Waals surface area contributed by atoms with Crippen LogP contribution in [0.25, 0.3) is 0 Å². The number of phenolic OH excluding ortho intramolecular Hbond substituents is 3. The van der Waals surface area contributed by atoms with Crippen LogP contribution in [-0.4, -0.2) is 33.1 Å². The van der Waals surface area contributed by atoms with E-state index in [1.165, 1.54) is 12.1 Å². The molecule has 16 heavy (non-hydrogen) atoms. The molecule has 0 aromatic heterocycles. The van der Waals surface area contributed by atoms with Crippen LogP contribution >= 0.6 is 0 Å². The van der Waals surface area contributed by atoms with Gasteiger partial charge in [0.2, 0.25) is 5.75 Å². The van der Waals surface area contributed by atoms with Crippen LogP contribution < -0.4 is 5.32 Å². The van der Waals surface area contributed by atoms with Crippen LogP contribution in [0.3, 0.4) is 0 Å². The number of hydrogen-bond acceptors (Lipinski definition) is 5. The summed E-state index contributed by atoms with van der Waals surface area (Å²) in [7, 11) is 0. The van der Waals surface area contributed by atoms with Crippen LogP contribution in [-0.2, 0) is 6.54 Å². The predicted octanol–water partition coefficient (Wildman–Crippen LogP) is 0.664. The zero-order chi connectivity index (χ0) is 12.1. The van der Waals surface area contributed by atoms with Gasteiger partial charge in [-0.25, -0.2) is 0 Å². The highest BCUT2D eigenvalue weighted by atomic mass is 16.3. The molecule has 1 aromatic carbocycles. The van der Waals surface area contributed by atoms with Crippen molar-refractivity contribution in [2.75, 3.05) is 6.54 Å². The van der Waals surface area contributed by atoms with Gasteiger partial charge in [0.25, 0.3) is 0 Å². The van der Waals surface area contributed by atoms with Gasteiger partial charge in [0.05, 0.1) is 6.10 Å². The molecule has 5 heteroatoms. The largest absolute Gasteiger partial charge is 0.504 e. The first kappa shape index (κ1) is 12.6. The second kappa shape index (κ2) is 5.58. The van der Waals surface area contributed by atoms with Crippen molar-refractivity contribution in [3.63, 3.8) is 0 Å². The minimum Gasteiger partial charge on any atom is -0.504 e. The van der Waals surface area contributed by atoms with Crippen molar-refractivity contribution in [1.29, 1.82) is 0 Å². The molecule has 0 aliphatic carbocycles. The van der Waals surface area contributed by atoms with Gasteiger partial charge in [-0.05, 0) is 12.5 Å². The van der Waals surface area contributed by atoms with Crippen molar-refractivity contribution < 1.29 is 20.4 Å². The molecule has 5 nitrogen and oxygen atoms in total. The Labute approximate surface area is 94.0 Å². The molecule has 0 aliphatic rings. The van der Waals surface area contributed by atoms with Crippen LogP contribution in [0, 0.1) is 0 Å². The van der Waals surface area contributed by atoms with Gasteiger partial charge < -0.3 is 25.7 Å². The summed E-state index contributed by atoms with van der Waals surface area (Å²) >= 11 is 0. The lowest BCUT2D eigenvalue weighted by molar-refractivity contribution is 0.167. The number of hydrogen-bond donors (Lipinski definition) is 5. The van der Waals surface area contributed by atoms with Crippen molar-refractivity contribution in [3.8, 4) is 17.2 Å². The lowest BCUT2D eigenvalue weighted by Gasteiger charge is -2.11. The second-order valence-electron chi connectivity index (χ2n) is 3.63. The maximum Gasteiger partial charge on any atom is 0.200 e.